The molecule has 0 saturated heterocycles. The molecular formula is C16H13ClN2OS. The number of halogens is 1. The van der Waals surface area contributed by atoms with Gasteiger partial charge in [0.15, 0.2) is 6.29 Å². The minimum Gasteiger partial charge on any atom is -0.298 e. The Morgan fingerprint density at radius 2 is 2.05 bits per heavy atom. The molecule has 5 heteroatoms. The van der Waals surface area contributed by atoms with Crippen LogP contribution < -0.4 is 0 Å². The monoisotopic (exact) mass is 316 g/mol. The predicted octanol–water partition coefficient (Wildman–Crippen LogP) is 4.43. The molecule has 2 heterocycles. The SMILES string of the molecule is Cc1ccsc1-c1nn(Cc2ccc(Cl)cc2)cc1C=O. The topological polar surface area (TPSA) is 34.9 Å². The first kappa shape index (κ1) is 14.0. The lowest BCUT2D eigenvalue weighted by Crippen LogP contribution is -2.00. The Balaban J connectivity index is 1.94. The third kappa shape index (κ3) is 2.91. The molecule has 21 heavy (non-hydrogen) atoms. The van der Waals surface area contributed by atoms with Crippen LogP contribution in [0.25, 0.3) is 10.6 Å². The fourth-order valence-corrected chi connectivity index (χ4v) is 3.23. The van der Waals surface area contributed by atoms with Crippen molar-refractivity contribution in [2.24, 2.45) is 0 Å². The Morgan fingerprint density at radius 3 is 2.67 bits per heavy atom. The van der Waals surface area contributed by atoms with Crippen molar-refractivity contribution in [1.82, 2.24) is 9.78 Å². The maximum Gasteiger partial charge on any atom is 0.153 e. The molecule has 3 nitrogen and oxygen atoms in total. The van der Waals surface area contributed by atoms with E-state index in [4.69, 9.17) is 11.6 Å². The number of rotatable bonds is 4. The van der Waals surface area contributed by atoms with Gasteiger partial charge in [-0.2, -0.15) is 5.10 Å². The van der Waals surface area contributed by atoms with E-state index >= 15 is 0 Å². The van der Waals surface area contributed by atoms with Gasteiger partial charge in [-0.15, -0.1) is 11.3 Å². The zero-order valence-corrected chi connectivity index (χ0v) is 13.0. The third-order valence-corrected chi connectivity index (χ3v) is 4.53. The van der Waals surface area contributed by atoms with Crippen molar-refractivity contribution >= 4 is 29.2 Å². The molecule has 0 radical (unpaired) electrons. The van der Waals surface area contributed by atoms with E-state index in [0.29, 0.717) is 17.1 Å². The first-order valence-electron chi connectivity index (χ1n) is 6.49. The van der Waals surface area contributed by atoms with Crippen LogP contribution in [0.3, 0.4) is 0 Å². The smallest absolute Gasteiger partial charge is 0.153 e. The molecule has 3 rings (SSSR count). The molecule has 0 aliphatic heterocycles. The summed E-state index contributed by atoms with van der Waals surface area (Å²) in [6.45, 7) is 2.64. The van der Waals surface area contributed by atoms with Crippen LogP contribution in [-0.4, -0.2) is 16.1 Å². The van der Waals surface area contributed by atoms with Crippen LogP contribution in [0, 0.1) is 6.92 Å². The number of aromatic nitrogens is 2. The Morgan fingerprint density at radius 1 is 1.29 bits per heavy atom. The van der Waals surface area contributed by atoms with E-state index in [1.54, 1.807) is 22.2 Å². The Kier molecular flexibility index (Phi) is 3.90. The van der Waals surface area contributed by atoms with Gasteiger partial charge in [-0.3, -0.25) is 9.48 Å². The Hall–Kier alpha value is -1.91. The normalized spacial score (nSPS) is 10.8. The lowest BCUT2D eigenvalue weighted by atomic mass is 10.2. The van der Waals surface area contributed by atoms with Crippen molar-refractivity contribution in [2.45, 2.75) is 13.5 Å². The van der Waals surface area contributed by atoms with E-state index in [2.05, 4.69) is 5.10 Å². The van der Waals surface area contributed by atoms with Gasteiger partial charge in [0.25, 0.3) is 0 Å². The first-order valence-corrected chi connectivity index (χ1v) is 7.74. The van der Waals surface area contributed by atoms with Gasteiger partial charge in [0.2, 0.25) is 0 Å². The minimum atomic E-state index is 0.614. The van der Waals surface area contributed by atoms with Crippen LogP contribution in [0.2, 0.25) is 5.02 Å². The van der Waals surface area contributed by atoms with E-state index in [0.717, 1.165) is 28.0 Å². The standard InChI is InChI=1S/C16H13ClN2OS/c1-11-6-7-21-16(11)15-13(10-20)9-19(18-15)8-12-2-4-14(17)5-3-12/h2-7,9-10H,8H2,1H3. The molecule has 0 spiro atoms. The number of carbonyl (C=O) groups is 1. The Labute approximate surface area is 131 Å². The summed E-state index contributed by atoms with van der Waals surface area (Å²) in [5.74, 6) is 0. The number of aryl methyl sites for hydroxylation is 1. The number of aldehydes is 1. The number of thiophene rings is 1. The van der Waals surface area contributed by atoms with Crippen LogP contribution in [0.4, 0.5) is 0 Å². The summed E-state index contributed by atoms with van der Waals surface area (Å²) < 4.78 is 1.79. The van der Waals surface area contributed by atoms with Crippen LogP contribution in [0.15, 0.2) is 41.9 Å². The fourth-order valence-electron chi connectivity index (χ4n) is 2.17. The van der Waals surface area contributed by atoms with E-state index in [-0.39, 0.29) is 0 Å². The van der Waals surface area contributed by atoms with Crippen molar-refractivity contribution < 1.29 is 4.79 Å². The summed E-state index contributed by atoms with van der Waals surface area (Å²) in [6.07, 6.45) is 2.65. The summed E-state index contributed by atoms with van der Waals surface area (Å²) >= 11 is 7.49. The van der Waals surface area contributed by atoms with Gasteiger partial charge in [0.05, 0.1) is 17.0 Å². The number of carbonyl (C=O) groups excluding carboxylic acids is 1. The lowest BCUT2D eigenvalue weighted by Gasteiger charge is -2.02. The molecule has 0 unspecified atom stereocenters. The van der Waals surface area contributed by atoms with Gasteiger partial charge in [0.1, 0.15) is 5.69 Å². The summed E-state index contributed by atoms with van der Waals surface area (Å²) in [5.41, 5.74) is 3.61. The zero-order chi connectivity index (χ0) is 14.8. The molecule has 2 aromatic heterocycles. The highest BCUT2D eigenvalue weighted by Gasteiger charge is 2.14. The maximum atomic E-state index is 11.3. The second kappa shape index (κ2) is 5.84. The summed E-state index contributed by atoms with van der Waals surface area (Å²) in [7, 11) is 0. The molecule has 0 saturated carbocycles. The Bertz CT molecular complexity index is 774. The van der Waals surface area contributed by atoms with Crippen molar-refractivity contribution in [3.8, 4) is 10.6 Å². The molecule has 0 N–H and O–H groups in total. The lowest BCUT2D eigenvalue weighted by molar-refractivity contribution is 0.112. The quantitative estimate of drug-likeness (QED) is 0.667. The molecule has 0 aliphatic rings. The minimum absolute atomic E-state index is 0.614. The van der Waals surface area contributed by atoms with Gasteiger partial charge < -0.3 is 0 Å². The van der Waals surface area contributed by atoms with E-state index < -0.39 is 0 Å². The van der Waals surface area contributed by atoms with E-state index in [1.165, 1.54) is 0 Å². The highest BCUT2D eigenvalue weighted by molar-refractivity contribution is 7.13. The van der Waals surface area contributed by atoms with Crippen molar-refractivity contribution in [3.05, 3.63) is 63.6 Å². The van der Waals surface area contributed by atoms with Gasteiger partial charge in [-0.25, -0.2) is 0 Å². The third-order valence-electron chi connectivity index (χ3n) is 3.25. The molecule has 106 valence electrons. The summed E-state index contributed by atoms with van der Waals surface area (Å²) in [6, 6.07) is 9.66. The van der Waals surface area contributed by atoms with Gasteiger partial charge >= 0.3 is 0 Å². The molecular weight excluding hydrogens is 304 g/mol. The number of hydrogen-bond donors (Lipinski definition) is 0. The summed E-state index contributed by atoms with van der Waals surface area (Å²) in [5, 5.41) is 7.29. The number of benzene rings is 1. The second-order valence-corrected chi connectivity index (χ2v) is 6.16. The summed E-state index contributed by atoms with van der Waals surface area (Å²) in [4.78, 5) is 12.3. The number of nitrogens with zero attached hydrogens (tertiary/aromatic N) is 2. The van der Waals surface area contributed by atoms with Crippen molar-refractivity contribution in [2.75, 3.05) is 0 Å². The molecule has 0 aliphatic carbocycles. The maximum absolute atomic E-state index is 11.3. The van der Waals surface area contributed by atoms with Crippen molar-refractivity contribution in [3.63, 3.8) is 0 Å². The number of hydrogen-bond acceptors (Lipinski definition) is 3. The highest BCUT2D eigenvalue weighted by Crippen LogP contribution is 2.30. The predicted molar refractivity (Wildman–Crippen MR) is 86.2 cm³/mol. The van der Waals surface area contributed by atoms with E-state index in [9.17, 15) is 4.79 Å². The highest BCUT2D eigenvalue weighted by atomic mass is 35.5. The second-order valence-electron chi connectivity index (χ2n) is 4.81. The molecule has 0 bridgehead atoms. The molecule has 1 aromatic carbocycles. The van der Waals surface area contributed by atoms with Crippen LogP contribution in [0.1, 0.15) is 21.5 Å². The van der Waals surface area contributed by atoms with Gasteiger partial charge in [-0.05, 0) is 41.6 Å². The van der Waals surface area contributed by atoms with Crippen LogP contribution >= 0.6 is 22.9 Å². The fraction of sp³-hybridized carbons (Fsp3) is 0.125. The molecule has 0 fully saturated rings. The van der Waals surface area contributed by atoms with E-state index in [1.807, 2.05) is 42.6 Å². The van der Waals surface area contributed by atoms with Gasteiger partial charge in [-0.1, -0.05) is 23.7 Å². The molecule has 0 atom stereocenters. The first-order chi connectivity index (χ1) is 10.2. The zero-order valence-electron chi connectivity index (χ0n) is 11.4. The molecule has 0 amide bonds. The van der Waals surface area contributed by atoms with Crippen molar-refractivity contribution in [1.29, 1.82) is 0 Å². The van der Waals surface area contributed by atoms with Crippen LogP contribution in [0.5, 0.6) is 0 Å². The largest absolute Gasteiger partial charge is 0.298 e. The molecule has 3 aromatic rings. The van der Waals surface area contributed by atoms with Gasteiger partial charge in [0, 0.05) is 11.2 Å². The average molecular weight is 317 g/mol. The average Bonchev–Trinajstić information content (AvgIpc) is 3.07. The van der Waals surface area contributed by atoms with Crippen LogP contribution in [-0.2, 0) is 6.54 Å².